The summed E-state index contributed by atoms with van der Waals surface area (Å²) in [5, 5.41) is 8.52. The Balaban J connectivity index is 3.02. The summed E-state index contributed by atoms with van der Waals surface area (Å²) in [5.74, 6) is 1.22. The van der Waals surface area contributed by atoms with Crippen LogP contribution < -0.4 is 0 Å². The summed E-state index contributed by atoms with van der Waals surface area (Å²) in [4.78, 5) is 0. The van der Waals surface area contributed by atoms with Gasteiger partial charge in [-0.1, -0.05) is 39.0 Å². The highest BCUT2D eigenvalue weighted by Gasteiger charge is 1.97. The summed E-state index contributed by atoms with van der Waals surface area (Å²) in [6, 6.07) is 0. The van der Waals surface area contributed by atoms with Crippen LogP contribution >= 0.6 is 0 Å². The van der Waals surface area contributed by atoms with Crippen molar-refractivity contribution in [2.75, 3.05) is 18.1 Å². The minimum Gasteiger partial charge on any atom is -0.395 e. The molecule has 0 bridgehead atoms. The molecule has 0 unspecified atom stereocenters. The van der Waals surface area contributed by atoms with Crippen LogP contribution in [0.3, 0.4) is 0 Å². The van der Waals surface area contributed by atoms with Gasteiger partial charge in [-0.05, 0) is 6.42 Å². The van der Waals surface area contributed by atoms with E-state index in [0.717, 1.165) is 12.2 Å². The van der Waals surface area contributed by atoms with E-state index >= 15 is 0 Å². The molecule has 0 saturated carbocycles. The fourth-order valence-corrected chi connectivity index (χ4v) is 2.18. The van der Waals surface area contributed by atoms with Crippen molar-refractivity contribution in [2.24, 2.45) is 0 Å². The van der Waals surface area contributed by atoms with Crippen LogP contribution in [0.5, 0.6) is 0 Å². The van der Waals surface area contributed by atoms with Crippen molar-refractivity contribution in [1.29, 1.82) is 0 Å². The molecule has 0 aromatic carbocycles. The molecule has 1 atom stereocenters. The molecule has 3 heteroatoms. The van der Waals surface area contributed by atoms with Gasteiger partial charge in [-0.15, -0.1) is 0 Å². The zero-order valence-electron chi connectivity index (χ0n) is 8.63. The molecule has 0 aliphatic rings. The van der Waals surface area contributed by atoms with Gasteiger partial charge in [-0.2, -0.15) is 0 Å². The van der Waals surface area contributed by atoms with Gasteiger partial charge in [0, 0.05) is 22.3 Å². The van der Waals surface area contributed by atoms with Crippen molar-refractivity contribution in [3.8, 4) is 0 Å². The predicted octanol–water partition coefficient (Wildman–Crippen LogP) is 2.09. The van der Waals surface area contributed by atoms with Gasteiger partial charge in [-0.25, -0.2) is 0 Å². The van der Waals surface area contributed by atoms with Crippen molar-refractivity contribution in [1.82, 2.24) is 0 Å². The molecule has 0 radical (unpaired) electrons. The predicted molar refractivity (Wildman–Crippen MR) is 58.3 cm³/mol. The van der Waals surface area contributed by atoms with Gasteiger partial charge in [0.1, 0.15) is 0 Å². The van der Waals surface area contributed by atoms with Crippen LogP contribution in [0.1, 0.15) is 45.4 Å². The summed E-state index contributed by atoms with van der Waals surface area (Å²) < 4.78 is 11.1. The summed E-state index contributed by atoms with van der Waals surface area (Å²) in [6.07, 6.45) is 7.41. The van der Waals surface area contributed by atoms with E-state index in [2.05, 4.69) is 6.92 Å². The van der Waals surface area contributed by atoms with Gasteiger partial charge in [0.25, 0.3) is 0 Å². The largest absolute Gasteiger partial charge is 0.395 e. The Kier molecular flexibility index (Phi) is 10.3. The lowest BCUT2D eigenvalue weighted by Gasteiger charge is -2.00. The van der Waals surface area contributed by atoms with Gasteiger partial charge in [0.15, 0.2) is 0 Å². The van der Waals surface area contributed by atoms with Crippen molar-refractivity contribution < 1.29 is 9.32 Å². The first-order valence-corrected chi connectivity index (χ1v) is 6.76. The normalized spacial score (nSPS) is 13.1. The molecule has 13 heavy (non-hydrogen) atoms. The lowest BCUT2D eigenvalue weighted by atomic mass is 10.1. The minimum atomic E-state index is -0.777. The minimum absolute atomic E-state index is 0.0580. The molecule has 0 aromatic heterocycles. The Hall–Kier alpha value is 0.110. The Bertz CT molecular complexity index is 126. The first-order chi connectivity index (χ1) is 6.31. The van der Waals surface area contributed by atoms with Crippen LogP contribution in [0.15, 0.2) is 0 Å². The van der Waals surface area contributed by atoms with Crippen molar-refractivity contribution >= 4 is 10.8 Å². The molecule has 80 valence electrons. The average molecular weight is 206 g/mol. The summed E-state index contributed by atoms with van der Waals surface area (Å²) >= 11 is 0. The van der Waals surface area contributed by atoms with Crippen molar-refractivity contribution in [2.45, 2.75) is 45.4 Å². The number of aliphatic hydroxyl groups is 1. The molecule has 0 spiro atoms. The van der Waals surface area contributed by atoms with Crippen LogP contribution in [0, 0.1) is 0 Å². The first-order valence-electron chi connectivity index (χ1n) is 5.27. The Morgan fingerprint density at radius 1 is 1.00 bits per heavy atom. The van der Waals surface area contributed by atoms with Gasteiger partial charge in [-0.3, -0.25) is 4.21 Å². The van der Waals surface area contributed by atoms with Crippen LogP contribution in [0.4, 0.5) is 0 Å². The first kappa shape index (κ1) is 13.1. The van der Waals surface area contributed by atoms with E-state index in [-0.39, 0.29) is 6.61 Å². The summed E-state index contributed by atoms with van der Waals surface area (Å²) in [7, 11) is -0.777. The zero-order valence-corrected chi connectivity index (χ0v) is 9.44. The molecule has 2 nitrogen and oxygen atoms in total. The molecule has 0 rings (SSSR count). The van der Waals surface area contributed by atoms with E-state index in [1.165, 1.54) is 32.1 Å². The molecule has 0 fully saturated rings. The van der Waals surface area contributed by atoms with E-state index in [1.54, 1.807) is 0 Å². The fourth-order valence-electron chi connectivity index (χ4n) is 1.25. The molecule has 0 aromatic rings. The maximum Gasteiger partial charge on any atom is 0.0546 e. The average Bonchev–Trinajstić information content (AvgIpc) is 2.11. The SMILES string of the molecule is CCCCCCCC[S@](=O)CCO. The lowest BCUT2D eigenvalue weighted by molar-refractivity contribution is 0.321. The number of unbranched alkanes of at least 4 members (excludes halogenated alkanes) is 5. The second kappa shape index (κ2) is 10.2. The van der Waals surface area contributed by atoms with E-state index in [9.17, 15) is 4.21 Å². The molecule has 0 heterocycles. The van der Waals surface area contributed by atoms with E-state index in [1.807, 2.05) is 0 Å². The molecular weight excluding hydrogens is 184 g/mol. The van der Waals surface area contributed by atoms with E-state index < -0.39 is 10.8 Å². The zero-order chi connectivity index (χ0) is 9.94. The Morgan fingerprint density at radius 3 is 2.23 bits per heavy atom. The van der Waals surface area contributed by atoms with E-state index in [0.29, 0.717) is 5.75 Å². The molecular formula is C10H22O2S. The molecule has 0 aliphatic carbocycles. The second-order valence-electron chi connectivity index (χ2n) is 3.34. The van der Waals surface area contributed by atoms with Crippen LogP contribution in [0.25, 0.3) is 0 Å². The highest BCUT2D eigenvalue weighted by molar-refractivity contribution is 7.84. The molecule has 0 aliphatic heterocycles. The molecule has 0 saturated heterocycles. The highest BCUT2D eigenvalue weighted by atomic mass is 32.2. The third kappa shape index (κ3) is 10.0. The third-order valence-electron chi connectivity index (χ3n) is 2.04. The molecule has 0 amide bonds. The third-order valence-corrected chi connectivity index (χ3v) is 3.43. The van der Waals surface area contributed by atoms with Gasteiger partial charge < -0.3 is 5.11 Å². The van der Waals surface area contributed by atoms with E-state index in [4.69, 9.17) is 5.11 Å². The summed E-state index contributed by atoms with van der Waals surface area (Å²) in [5.41, 5.74) is 0. The Morgan fingerprint density at radius 2 is 1.62 bits per heavy atom. The van der Waals surface area contributed by atoms with Crippen LogP contribution in [-0.4, -0.2) is 27.4 Å². The summed E-state index contributed by atoms with van der Waals surface area (Å²) in [6.45, 7) is 2.26. The fraction of sp³-hybridized carbons (Fsp3) is 1.00. The number of hydrogen-bond acceptors (Lipinski definition) is 2. The van der Waals surface area contributed by atoms with Gasteiger partial charge >= 0.3 is 0 Å². The number of aliphatic hydroxyl groups excluding tert-OH is 1. The lowest BCUT2D eigenvalue weighted by Crippen LogP contribution is -2.05. The van der Waals surface area contributed by atoms with Crippen molar-refractivity contribution in [3.63, 3.8) is 0 Å². The number of rotatable bonds is 9. The quantitative estimate of drug-likeness (QED) is 0.587. The maximum absolute atomic E-state index is 11.1. The highest BCUT2D eigenvalue weighted by Crippen LogP contribution is 2.05. The smallest absolute Gasteiger partial charge is 0.0546 e. The van der Waals surface area contributed by atoms with Crippen molar-refractivity contribution in [3.05, 3.63) is 0 Å². The van der Waals surface area contributed by atoms with Crippen LogP contribution in [-0.2, 0) is 10.8 Å². The van der Waals surface area contributed by atoms with Crippen LogP contribution in [0.2, 0.25) is 0 Å². The molecule has 1 N–H and O–H groups in total. The maximum atomic E-state index is 11.1. The standard InChI is InChI=1S/C10H22O2S/c1-2-3-4-5-6-7-9-13(12)10-8-11/h11H,2-10H2,1H3/t13-/m0/s1. The second-order valence-corrected chi connectivity index (χ2v) is 5.04. The van der Waals surface area contributed by atoms with Gasteiger partial charge in [0.2, 0.25) is 0 Å². The topological polar surface area (TPSA) is 37.3 Å². The van der Waals surface area contributed by atoms with Gasteiger partial charge in [0.05, 0.1) is 6.61 Å². The monoisotopic (exact) mass is 206 g/mol. The Labute approximate surface area is 84.2 Å². The number of hydrogen-bond donors (Lipinski definition) is 1.